The number of nitrogens with one attached hydrogen (secondary N) is 1. The second kappa shape index (κ2) is 7.90. The summed E-state index contributed by atoms with van der Waals surface area (Å²) in [6.07, 6.45) is 0. The highest BCUT2D eigenvalue weighted by atomic mass is 35.5. The first-order chi connectivity index (χ1) is 12.8. The molecule has 0 radical (unpaired) electrons. The molecule has 2 aromatic rings. The lowest BCUT2D eigenvalue weighted by atomic mass is 10.1. The number of amides is 1. The zero-order chi connectivity index (χ0) is 19.7. The van der Waals surface area contributed by atoms with Gasteiger partial charge in [-0.15, -0.1) is 0 Å². The van der Waals surface area contributed by atoms with Crippen LogP contribution in [0.4, 0.5) is 11.4 Å². The van der Waals surface area contributed by atoms with E-state index in [9.17, 15) is 4.79 Å². The van der Waals surface area contributed by atoms with Crippen molar-refractivity contribution in [2.45, 2.75) is 39.8 Å². The number of nitrogens with zero attached hydrogens (tertiary/aromatic N) is 4. The molecule has 2 atom stereocenters. The van der Waals surface area contributed by atoms with Gasteiger partial charge in [0.2, 0.25) is 5.91 Å². The first-order valence-corrected chi connectivity index (χ1v) is 9.71. The monoisotopic (exact) mass is 389 g/mol. The van der Waals surface area contributed by atoms with Crippen LogP contribution in [0.15, 0.2) is 24.3 Å². The van der Waals surface area contributed by atoms with Gasteiger partial charge in [0.15, 0.2) is 0 Å². The van der Waals surface area contributed by atoms with Crippen molar-refractivity contribution in [2.24, 2.45) is 7.05 Å². The number of para-hydroxylation sites is 1. The third kappa shape index (κ3) is 4.12. The van der Waals surface area contributed by atoms with Crippen molar-refractivity contribution >= 4 is 28.9 Å². The molecule has 27 heavy (non-hydrogen) atoms. The van der Waals surface area contributed by atoms with Crippen LogP contribution in [0.1, 0.15) is 25.1 Å². The lowest BCUT2D eigenvalue weighted by Crippen LogP contribution is -2.58. The standard InChI is InChI=1S/C20H28ClN5O/c1-13-8-6-7-9-17(13)22-18(27)12-25-10-14(2)26(15(3)11-25)19-16(4)23-24(5)20(19)21/h6-9,14-15H,10-12H2,1-5H3,(H,22,27)/t14-,15+. The fourth-order valence-corrected chi connectivity index (χ4v) is 4.29. The number of aryl methyl sites for hydroxylation is 3. The molecule has 146 valence electrons. The van der Waals surface area contributed by atoms with Gasteiger partial charge in [0.25, 0.3) is 0 Å². The number of carbonyl (C=O) groups is 1. The number of aromatic nitrogens is 2. The maximum Gasteiger partial charge on any atom is 0.238 e. The summed E-state index contributed by atoms with van der Waals surface area (Å²) in [4.78, 5) is 17.0. The summed E-state index contributed by atoms with van der Waals surface area (Å²) < 4.78 is 1.72. The van der Waals surface area contributed by atoms with Crippen molar-refractivity contribution in [3.63, 3.8) is 0 Å². The maximum absolute atomic E-state index is 12.5. The van der Waals surface area contributed by atoms with Crippen molar-refractivity contribution in [1.82, 2.24) is 14.7 Å². The van der Waals surface area contributed by atoms with Crippen LogP contribution in [-0.2, 0) is 11.8 Å². The van der Waals surface area contributed by atoms with Crippen molar-refractivity contribution in [3.05, 3.63) is 40.7 Å². The van der Waals surface area contributed by atoms with Crippen LogP contribution in [0.2, 0.25) is 5.15 Å². The SMILES string of the molecule is Cc1ccccc1NC(=O)CN1C[C@@H](C)N(c2c(C)nn(C)c2Cl)[C@@H](C)C1. The van der Waals surface area contributed by atoms with Crippen LogP contribution >= 0.6 is 11.6 Å². The minimum absolute atomic E-state index is 0.0211. The highest BCUT2D eigenvalue weighted by Gasteiger charge is 2.33. The highest BCUT2D eigenvalue weighted by molar-refractivity contribution is 6.32. The molecular weight excluding hydrogens is 362 g/mol. The number of hydrogen-bond donors (Lipinski definition) is 1. The Morgan fingerprint density at radius 2 is 1.85 bits per heavy atom. The molecule has 1 aromatic carbocycles. The zero-order valence-electron chi connectivity index (χ0n) is 16.7. The molecule has 3 rings (SSSR count). The zero-order valence-corrected chi connectivity index (χ0v) is 17.4. The second-order valence-corrected chi connectivity index (χ2v) is 7.87. The Bertz CT molecular complexity index is 822. The Balaban J connectivity index is 1.66. The maximum atomic E-state index is 12.5. The van der Waals surface area contributed by atoms with Gasteiger partial charge in [0, 0.05) is 37.9 Å². The molecule has 0 spiro atoms. The summed E-state index contributed by atoms with van der Waals surface area (Å²) in [5, 5.41) is 8.13. The van der Waals surface area contributed by atoms with Crippen LogP contribution < -0.4 is 10.2 Å². The molecule has 6 nitrogen and oxygen atoms in total. The summed E-state index contributed by atoms with van der Waals surface area (Å²) >= 11 is 6.48. The molecule has 1 fully saturated rings. The van der Waals surface area contributed by atoms with Crippen LogP contribution in [-0.4, -0.2) is 52.3 Å². The van der Waals surface area contributed by atoms with Gasteiger partial charge in [-0.05, 0) is 39.3 Å². The normalized spacial score (nSPS) is 20.7. The summed E-state index contributed by atoms with van der Waals surface area (Å²) in [6, 6.07) is 8.31. The molecule has 1 aliphatic rings. The molecule has 1 aliphatic heterocycles. The van der Waals surface area contributed by atoms with E-state index < -0.39 is 0 Å². The lowest BCUT2D eigenvalue weighted by Gasteiger charge is -2.45. The third-order valence-electron chi connectivity index (χ3n) is 5.16. The minimum Gasteiger partial charge on any atom is -0.360 e. The van der Waals surface area contributed by atoms with Crippen LogP contribution in [0.25, 0.3) is 0 Å². The van der Waals surface area contributed by atoms with Crippen molar-refractivity contribution < 1.29 is 4.79 Å². The molecule has 1 saturated heterocycles. The second-order valence-electron chi connectivity index (χ2n) is 7.51. The van der Waals surface area contributed by atoms with E-state index in [2.05, 4.69) is 34.1 Å². The smallest absolute Gasteiger partial charge is 0.238 e. The topological polar surface area (TPSA) is 53.4 Å². The number of benzene rings is 1. The average Bonchev–Trinajstić information content (AvgIpc) is 2.83. The van der Waals surface area contributed by atoms with Crippen molar-refractivity contribution in [1.29, 1.82) is 0 Å². The summed E-state index contributed by atoms with van der Waals surface area (Å²) in [5.74, 6) is 0.0211. The fourth-order valence-electron chi connectivity index (χ4n) is 4.02. The van der Waals surface area contributed by atoms with Gasteiger partial charge in [0.05, 0.1) is 17.9 Å². The van der Waals surface area contributed by atoms with Gasteiger partial charge in [0.1, 0.15) is 5.15 Å². The quantitative estimate of drug-likeness (QED) is 0.872. The number of carbonyl (C=O) groups excluding carboxylic acids is 1. The Hall–Kier alpha value is -2.05. The third-order valence-corrected chi connectivity index (χ3v) is 5.59. The predicted molar refractivity (Wildman–Crippen MR) is 111 cm³/mol. The van der Waals surface area contributed by atoms with Gasteiger partial charge >= 0.3 is 0 Å². The van der Waals surface area contributed by atoms with E-state index in [4.69, 9.17) is 11.6 Å². The van der Waals surface area contributed by atoms with Crippen LogP contribution in [0.3, 0.4) is 0 Å². The molecule has 1 N–H and O–H groups in total. The molecule has 2 heterocycles. The summed E-state index contributed by atoms with van der Waals surface area (Å²) in [7, 11) is 1.86. The van der Waals surface area contributed by atoms with E-state index in [-0.39, 0.29) is 18.0 Å². The van der Waals surface area contributed by atoms with Crippen molar-refractivity contribution in [2.75, 3.05) is 29.9 Å². The van der Waals surface area contributed by atoms with Crippen LogP contribution in [0, 0.1) is 13.8 Å². The summed E-state index contributed by atoms with van der Waals surface area (Å²) in [5.41, 5.74) is 3.88. The number of hydrogen-bond acceptors (Lipinski definition) is 4. The van der Waals surface area contributed by atoms with Gasteiger partial charge in [-0.2, -0.15) is 5.10 Å². The van der Waals surface area contributed by atoms with Crippen molar-refractivity contribution in [3.8, 4) is 0 Å². The number of rotatable bonds is 4. The predicted octanol–water partition coefficient (Wildman–Crippen LogP) is 3.23. The lowest BCUT2D eigenvalue weighted by molar-refractivity contribution is -0.117. The minimum atomic E-state index is 0.0211. The molecule has 0 unspecified atom stereocenters. The first-order valence-electron chi connectivity index (χ1n) is 9.33. The fraction of sp³-hybridized carbons (Fsp3) is 0.500. The molecular formula is C20H28ClN5O. The Morgan fingerprint density at radius 1 is 1.22 bits per heavy atom. The first kappa shape index (κ1) is 19.7. The van der Waals surface area contributed by atoms with E-state index in [1.807, 2.05) is 45.2 Å². The number of halogens is 1. The van der Waals surface area contributed by atoms with Gasteiger partial charge in [-0.1, -0.05) is 29.8 Å². The number of piperazine rings is 1. The molecule has 0 aliphatic carbocycles. The molecule has 1 amide bonds. The molecule has 0 bridgehead atoms. The van der Waals surface area contributed by atoms with E-state index in [1.54, 1.807) is 4.68 Å². The van der Waals surface area contributed by atoms with E-state index in [0.29, 0.717) is 11.7 Å². The Kier molecular flexibility index (Phi) is 5.77. The highest BCUT2D eigenvalue weighted by Crippen LogP contribution is 2.33. The van der Waals surface area contributed by atoms with E-state index >= 15 is 0 Å². The molecule has 1 aromatic heterocycles. The van der Waals surface area contributed by atoms with Crippen LogP contribution in [0.5, 0.6) is 0 Å². The van der Waals surface area contributed by atoms with Gasteiger partial charge in [-0.3, -0.25) is 14.4 Å². The number of anilines is 2. The molecule has 0 saturated carbocycles. The largest absolute Gasteiger partial charge is 0.360 e. The molecule has 7 heteroatoms. The van der Waals surface area contributed by atoms with E-state index in [0.717, 1.165) is 35.7 Å². The van der Waals surface area contributed by atoms with Gasteiger partial charge in [-0.25, -0.2) is 0 Å². The average molecular weight is 390 g/mol. The Morgan fingerprint density at radius 3 is 2.41 bits per heavy atom. The van der Waals surface area contributed by atoms with Gasteiger partial charge < -0.3 is 10.2 Å². The van der Waals surface area contributed by atoms with E-state index in [1.165, 1.54) is 0 Å². The summed E-state index contributed by atoms with van der Waals surface area (Å²) in [6.45, 7) is 10.3. The Labute approximate surface area is 166 Å².